The molecule has 0 unspecified atom stereocenters. The molecule has 2 heterocycles. The zero-order valence-electron chi connectivity index (χ0n) is 17.5. The number of rotatable bonds is 6. The average Bonchev–Trinajstić information content (AvgIpc) is 3.22. The summed E-state index contributed by atoms with van der Waals surface area (Å²) in [7, 11) is 0. The van der Waals surface area contributed by atoms with Crippen LogP contribution in [0.4, 0.5) is 0 Å². The molecule has 1 atom stereocenters. The van der Waals surface area contributed by atoms with Crippen LogP contribution in [0.1, 0.15) is 36.1 Å². The standard InChI is InChI=1S/C24H29N3O3/c1-18(28)25-22(20-5-3-2-4-6-20)16-24(29)27-12-10-26(11-13-27)17-19-7-8-23-21(15-19)9-14-30-23/h2-8,15,22H,9-14,16-17H2,1H3,(H,25,28)/t22-/m1/s1. The highest BCUT2D eigenvalue weighted by Gasteiger charge is 2.25. The van der Waals surface area contributed by atoms with Crippen molar-refractivity contribution in [3.63, 3.8) is 0 Å². The number of hydrogen-bond acceptors (Lipinski definition) is 4. The maximum absolute atomic E-state index is 12.9. The van der Waals surface area contributed by atoms with Crippen LogP contribution in [0.15, 0.2) is 48.5 Å². The van der Waals surface area contributed by atoms with E-state index in [9.17, 15) is 9.59 Å². The van der Waals surface area contributed by atoms with Gasteiger partial charge in [-0.3, -0.25) is 14.5 Å². The van der Waals surface area contributed by atoms with Crippen molar-refractivity contribution in [2.24, 2.45) is 0 Å². The zero-order chi connectivity index (χ0) is 20.9. The smallest absolute Gasteiger partial charge is 0.225 e. The molecule has 6 nitrogen and oxygen atoms in total. The molecule has 0 aliphatic carbocycles. The first-order chi connectivity index (χ1) is 14.6. The highest BCUT2D eigenvalue weighted by molar-refractivity contribution is 5.79. The lowest BCUT2D eigenvalue weighted by molar-refractivity contribution is -0.133. The number of hydrogen-bond donors (Lipinski definition) is 1. The summed E-state index contributed by atoms with van der Waals surface area (Å²) in [4.78, 5) is 28.8. The molecule has 0 saturated carbocycles. The van der Waals surface area contributed by atoms with Crippen LogP contribution < -0.4 is 10.1 Å². The van der Waals surface area contributed by atoms with E-state index >= 15 is 0 Å². The van der Waals surface area contributed by atoms with Crippen molar-refractivity contribution in [2.45, 2.75) is 32.4 Å². The predicted octanol–water partition coefficient (Wildman–Crippen LogP) is 2.53. The quantitative estimate of drug-likeness (QED) is 0.799. The van der Waals surface area contributed by atoms with Crippen LogP contribution in [0.2, 0.25) is 0 Å². The van der Waals surface area contributed by atoms with E-state index in [2.05, 4.69) is 28.4 Å². The van der Waals surface area contributed by atoms with Gasteiger partial charge in [0.25, 0.3) is 0 Å². The van der Waals surface area contributed by atoms with Gasteiger partial charge in [-0.2, -0.15) is 0 Å². The largest absolute Gasteiger partial charge is 0.493 e. The molecule has 0 radical (unpaired) electrons. The van der Waals surface area contributed by atoms with Gasteiger partial charge in [0.2, 0.25) is 11.8 Å². The number of piperazine rings is 1. The molecule has 0 bridgehead atoms. The number of nitrogens with zero attached hydrogens (tertiary/aromatic N) is 2. The topological polar surface area (TPSA) is 61.9 Å². The number of fused-ring (bicyclic) bond motifs is 1. The number of amides is 2. The van der Waals surface area contributed by atoms with Crippen LogP contribution in [0.25, 0.3) is 0 Å². The monoisotopic (exact) mass is 407 g/mol. The van der Waals surface area contributed by atoms with Gasteiger partial charge in [-0.1, -0.05) is 42.5 Å². The average molecular weight is 408 g/mol. The van der Waals surface area contributed by atoms with Crippen molar-refractivity contribution < 1.29 is 14.3 Å². The molecule has 1 fully saturated rings. The summed E-state index contributed by atoms with van der Waals surface area (Å²) >= 11 is 0. The van der Waals surface area contributed by atoms with Crippen molar-refractivity contribution >= 4 is 11.8 Å². The molecular formula is C24H29N3O3. The summed E-state index contributed by atoms with van der Waals surface area (Å²) in [6, 6.07) is 15.9. The minimum atomic E-state index is -0.289. The number of benzene rings is 2. The highest BCUT2D eigenvalue weighted by atomic mass is 16.5. The van der Waals surface area contributed by atoms with Gasteiger partial charge in [-0.15, -0.1) is 0 Å². The first kappa shape index (κ1) is 20.4. The van der Waals surface area contributed by atoms with Gasteiger partial charge in [0.15, 0.2) is 0 Å². The van der Waals surface area contributed by atoms with Crippen molar-refractivity contribution in [2.75, 3.05) is 32.8 Å². The summed E-state index contributed by atoms with van der Waals surface area (Å²) in [5.41, 5.74) is 3.56. The van der Waals surface area contributed by atoms with E-state index in [1.54, 1.807) is 0 Å². The molecule has 1 saturated heterocycles. The summed E-state index contributed by atoms with van der Waals surface area (Å²) in [6.45, 7) is 6.31. The molecule has 2 aliphatic rings. The van der Waals surface area contributed by atoms with Crippen LogP contribution in [0, 0.1) is 0 Å². The second-order valence-electron chi connectivity index (χ2n) is 8.07. The lowest BCUT2D eigenvalue weighted by Gasteiger charge is -2.35. The normalized spacial score (nSPS) is 17.2. The van der Waals surface area contributed by atoms with Gasteiger partial charge in [0, 0.05) is 46.1 Å². The Bertz CT molecular complexity index is 892. The van der Waals surface area contributed by atoms with Crippen LogP contribution in [0.5, 0.6) is 5.75 Å². The summed E-state index contributed by atoms with van der Waals surface area (Å²) in [6.07, 6.45) is 1.27. The van der Waals surface area contributed by atoms with Gasteiger partial charge in [-0.05, 0) is 22.8 Å². The zero-order valence-corrected chi connectivity index (χ0v) is 17.5. The summed E-state index contributed by atoms with van der Waals surface area (Å²) in [5.74, 6) is 0.981. The Morgan fingerprint density at radius 1 is 1.07 bits per heavy atom. The van der Waals surface area contributed by atoms with Crippen molar-refractivity contribution in [1.82, 2.24) is 15.1 Å². The molecule has 4 rings (SSSR count). The molecule has 158 valence electrons. The summed E-state index contributed by atoms with van der Waals surface area (Å²) < 4.78 is 5.59. The molecule has 30 heavy (non-hydrogen) atoms. The van der Waals surface area contributed by atoms with E-state index in [1.165, 1.54) is 18.1 Å². The molecule has 6 heteroatoms. The van der Waals surface area contributed by atoms with Gasteiger partial charge < -0.3 is 15.0 Å². The number of ether oxygens (including phenoxy) is 1. The molecule has 2 aromatic carbocycles. The Labute approximate surface area is 177 Å². The second kappa shape index (κ2) is 9.30. The van der Waals surface area contributed by atoms with Gasteiger partial charge in [0.1, 0.15) is 5.75 Å². The lowest BCUT2D eigenvalue weighted by Crippen LogP contribution is -2.49. The fourth-order valence-corrected chi connectivity index (χ4v) is 4.24. The third-order valence-electron chi connectivity index (χ3n) is 5.84. The Kier molecular flexibility index (Phi) is 6.33. The molecule has 2 amide bonds. The Morgan fingerprint density at radius 2 is 1.83 bits per heavy atom. The maximum atomic E-state index is 12.9. The van der Waals surface area contributed by atoms with Gasteiger partial charge in [-0.25, -0.2) is 0 Å². The Hall–Kier alpha value is -2.86. The predicted molar refractivity (Wildman–Crippen MR) is 115 cm³/mol. The Morgan fingerprint density at radius 3 is 2.57 bits per heavy atom. The van der Waals surface area contributed by atoms with Gasteiger partial charge in [0.05, 0.1) is 19.1 Å². The minimum absolute atomic E-state index is 0.0898. The van der Waals surface area contributed by atoms with Crippen molar-refractivity contribution in [3.8, 4) is 5.75 Å². The van der Waals surface area contributed by atoms with E-state index in [-0.39, 0.29) is 24.3 Å². The van der Waals surface area contributed by atoms with Gasteiger partial charge >= 0.3 is 0 Å². The van der Waals surface area contributed by atoms with Crippen molar-refractivity contribution in [1.29, 1.82) is 0 Å². The van der Waals surface area contributed by atoms with Crippen LogP contribution in [-0.4, -0.2) is 54.4 Å². The number of nitrogens with one attached hydrogen (secondary N) is 1. The van der Waals surface area contributed by atoms with Crippen LogP contribution >= 0.6 is 0 Å². The first-order valence-corrected chi connectivity index (χ1v) is 10.7. The number of carbonyl (C=O) groups excluding carboxylic acids is 2. The van der Waals surface area contributed by atoms with E-state index in [0.717, 1.165) is 44.0 Å². The SMILES string of the molecule is CC(=O)N[C@H](CC(=O)N1CCN(Cc2ccc3c(c2)CCO3)CC1)c1ccccc1. The molecule has 0 aromatic heterocycles. The maximum Gasteiger partial charge on any atom is 0.225 e. The molecule has 2 aromatic rings. The summed E-state index contributed by atoms with van der Waals surface area (Å²) in [5, 5.41) is 2.92. The van der Waals surface area contributed by atoms with E-state index < -0.39 is 0 Å². The minimum Gasteiger partial charge on any atom is -0.493 e. The third kappa shape index (κ3) is 5.00. The fraction of sp³-hybridized carbons (Fsp3) is 0.417. The van der Waals surface area contributed by atoms with E-state index in [1.807, 2.05) is 35.2 Å². The fourth-order valence-electron chi connectivity index (χ4n) is 4.24. The molecule has 0 spiro atoms. The van der Waals surface area contributed by atoms with Crippen molar-refractivity contribution in [3.05, 3.63) is 65.2 Å². The molecule has 2 aliphatic heterocycles. The molecular weight excluding hydrogens is 378 g/mol. The number of carbonyl (C=O) groups is 2. The molecule has 1 N–H and O–H groups in total. The highest BCUT2D eigenvalue weighted by Crippen LogP contribution is 2.26. The van der Waals surface area contributed by atoms with E-state index in [0.29, 0.717) is 13.1 Å². The Balaban J connectivity index is 1.30. The third-order valence-corrected chi connectivity index (χ3v) is 5.84. The lowest BCUT2D eigenvalue weighted by atomic mass is 10.0. The van der Waals surface area contributed by atoms with E-state index in [4.69, 9.17) is 4.74 Å². The van der Waals surface area contributed by atoms with Crippen LogP contribution in [-0.2, 0) is 22.6 Å². The van der Waals surface area contributed by atoms with Crippen LogP contribution in [0.3, 0.4) is 0 Å². The second-order valence-corrected chi connectivity index (χ2v) is 8.07. The first-order valence-electron chi connectivity index (χ1n) is 10.7.